The molecule has 3 aromatic rings. The average Bonchev–Trinajstić information content (AvgIpc) is 3.21. The van der Waals surface area contributed by atoms with E-state index in [9.17, 15) is 4.79 Å². The van der Waals surface area contributed by atoms with Crippen molar-refractivity contribution in [2.75, 3.05) is 0 Å². The molecule has 3 rings (SSSR count). The van der Waals surface area contributed by atoms with E-state index in [1.54, 1.807) is 6.07 Å². The summed E-state index contributed by atoms with van der Waals surface area (Å²) < 4.78 is 11.6. The molecular weight excluding hydrogens is 416 g/mol. The Labute approximate surface area is 155 Å². The maximum Gasteiger partial charge on any atom is 0.306 e. The summed E-state index contributed by atoms with van der Waals surface area (Å²) >= 11 is 10.9. The lowest BCUT2D eigenvalue weighted by Gasteiger charge is -2.04. The van der Waals surface area contributed by atoms with Crippen molar-refractivity contribution in [3.8, 4) is 10.8 Å². The molecule has 5 nitrogen and oxygen atoms in total. The number of benzene rings is 1. The fourth-order valence-electron chi connectivity index (χ4n) is 1.99. The van der Waals surface area contributed by atoms with Crippen molar-refractivity contribution in [1.29, 1.82) is 0 Å². The van der Waals surface area contributed by atoms with Crippen LogP contribution in [0.5, 0.6) is 0 Å². The molecule has 24 heavy (non-hydrogen) atoms. The van der Waals surface area contributed by atoms with E-state index in [0.717, 1.165) is 14.2 Å². The Hall–Kier alpha value is -1.70. The van der Waals surface area contributed by atoms with Crippen LogP contribution in [0.15, 0.2) is 44.6 Å². The van der Waals surface area contributed by atoms with Crippen LogP contribution in [-0.4, -0.2) is 16.2 Å². The second-order valence-electron chi connectivity index (χ2n) is 4.86. The highest BCUT2D eigenvalue weighted by Crippen LogP contribution is 2.30. The SMILES string of the molecule is O=C(CCc1ccccc1Cl)OCc1nnc(-c2ccc(Br)s2)o1. The van der Waals surface area contributed by atoms with E-state index in [1.165, 1.54) is 11.3 Å². The maximum atomic E-state index is 11.8. The summed E-state index contributed by atoms with van der Waals surface area (Å²) in [4.78, 5) is 12.7. The number of aromatic nitrogens is 2. The average molecular weight is 428 g/mol. The minimum absolute atomic E-state index is 0.0408. The van der Waals surface area contributed by atoms with E-state index >= 15 is 0 Å². The predicted octanol–water partition coefficient (Wildman–Crippen LogP) is 4.89. The van der Waals surface area contributed by atoms with Crippen molar-refractivity contribution in [2.24, 2.45) is 0 Å². The van der Waals surface area contributed by atoms with Gasteiger partial charge in [-0.1, -0.05) is 29.8 Å². The standard InChI is InChI=1S/C16H12BrClN2O3S/c17-13-7-6-12(24-13)16-20-19-14(23-16)9-22-15(21)8-5-10-3-1-2-4-11(10)18/h1-4,6-7H,5,8-9H2. The lowest BCUT2D eigenvalue weighted by Crippen LogP contribution is -2.06. The zero-order valence-corrected chi connectivity index (χ0v) is 15.5. The van der Waals surface area contributed by atoms with Gasteiger partial charge in [0.2, 0.25) is 0 Å². The Kier molecular flexibility index (Phi) is 5.65. The van der Waals surface area contributed by atoms with Crippen LogP contribution in [-0.2, 0) is 22.6 Å². The van der Waals surface area contributed by atoms with Gasteiger partial charge in [-0.2, -0.15) is 0 Å². The lowest BCUT2D eigenvalue weighted by atomic mass is 10.1. The van der Waals surface area contributed by atoms with Crippen molar-refractivity contribution in [3.63, 3.8) is 0 Å². The van der Waals surface area contributed by atoms with Crippen molar-refractivity contribution < 1.29 is 13.9 Å². The highest BCUT2D eigenvalue weighted by Gasteiger charge is 2.13. The normalized spacial score (nSPS) is 10.8. The molecule has 8 heteroatoms. The molecule has 0 aliphatic carbocycles. The summed E-state index contributed by atoms with van der Waals surface area (Å²) in [6, 6.07) is 11.2. The van der Waals surface area contributed by atoms with Gasteiger partial charge in [0.05, 0.1) is 8.66 Å². The van der Waals surface area contributed by atoms with Crippen molar-refractivity contribution in [3.05, 3.63) is 56.7 Å². The molecule has 0 spiro atoms. The smallest absolute Gasteiger partial charge is 0.306 e. The van der Waals surface area contributed by atoms with Crippen molar-refractivity contribution in [1.82, 2.24) is 10.2 Å². The number of ether oxygens (including phenoxy) is 1. The van der Waals surface area contributed by atoms with Crippen LogP contribution in [0.4, 0.5) is 0 Å². The Bertz CT molecular complexity index is 849. The van der Waals surface area contributed by atoms with Crippen LogP contribution >= 0.6 is 38.9 Å². The third-order valence-electron chi connectivity index (χ3n) is 3.16. The van der Waals surface area contributed by atoms with Gasteiger partial charge in [-0.15, -0.1) is 21.5 Å². The largest absolute Gasteiger partial charge is 0.456 e. The zero-order valence-electron chi connectivity index (χ0n) is 12.4. The molecule has 0 unspecified atom stereocenters. The van der Waals surface area contributed by atoms with Gasteiger partial charge < -0.3 is 9.15 Å². The Morgan fingerprint density at radius 3 is 2.83 bits per heavy atom. The molecule has 1 aromatic carbocycles. The van der Waals surface area contributed by atoms with Gasteiger partial charge in [-0.25, -0.2) is 0 Å². The minimum atomic E-state index is -0.339. The molecule has 0 saturated carbocycles. The minimum Gasteiger partial charge on any atom is -0.456 e. The molecule has 0 radical (unpaired) electrons. The monoisotopic (exact) mass is 426 g/mol. The molecule has 0 bridgehead atoms. The van der Waals surface area contributed by atoms with Crippen LogP contribution in [0.2, 0.25) is 5.02 Å². The van der Waals surface area contributed by atoms with Gasteiger partial charge in [-0.3, -0.25) is 4.79 Å². The third kappa shape index (κ3) is 4.43. The number of halogens is 2. The van der Waals surface area contributed by atoms with Gasteiger partial charge in [0.25, 0.3) is 11.8 Å². The molecule has 0 N–H and O–H groups in total. The molecular formula is C16H12BrClN2O3S. The number of hydrogen-bond donors (Lipinski definition) is 0. The van der Waals surface area contributed by atoms with E-state index < -0.39 is 0 Å². The number of esters is 1. The number of hydrogen-bond acceptors (Lipinski definition) is 6. The fourth-order valence-corrected chi connectivity index (χ4v) is 3.53. The number of aryl methyl sites for hydroxylation is 1. The zero-order chi connectivity index (χ0) is 16.9. The van der Waals surface area contributed by atoms with E-state index in [-0.39, 0.29) is 24.9 Å². The van der Waals surface area contributed by atoms with Gasteiger partial charge >= 0.3 is 5.97 Å². The van der Waals surface area contributed by atoms with Gasteiger partial charge in [0.15, 0.2) is 6.61 Å². The summed E-state index contributed by atoms with van der Waals surface area (Å²) in [6.07, 6.45) is 0.763. The fraction of sp³-hybridized carbons (Fsp3) is 0.188. The number of nitrogens with zero attached hydrogens (tertiary/aromatic N) is 2. The van der Waals surface area contributed by atoms with E-state index in [4.69, 9.17) is 20.8 Å². The molecule has 0 aliphatic rings. The summed E-state index contributed by atoms with van der Waals surface area (Å²) in [5, 5.41) is 8.48. The van der Waals surface area contributed by atoms with Crippen molar-refractivity contribution >= 4 is 44.8 Å². The van der Waals surface area contributed by atoms with E-state index in [2.05, 4.69) is 26.1 Å². The molecule has 0 atom stereocenters. The summed E-state index contributed by atoms with van der Waals surface area (Å²) in [5.41, 5.74) is 0.916. The first kappa shape index (κ1) is 17.1. The van der Waals surface area contributed by atoms with Crippen LogP contribution in [0.25, 0.3) is 10.8 Å². The maximum absolute atomic E-state index is 11.8. The molecule has 0 amide bonds. The predicted molar refractivity (Wildman–Crippen MR) is 94.9 cm³/mol. The number of thiophene rings is 1. The highest BCUT2D eigenvalue weighted by atomic mass is 79.9. The van der Waals surface area contributed by atoms with Crippen LogP contribution in [0.3, 0.4) is 0 Å². The summed E-state index contributed by atoms with van der Waals surface area (Å²) in [6.45, 7) is -0.0408. The number of carbonyl (C=O) groups is 1. The topological polar surface area (TPSA) is 65.2 Å². The van der Waals surface area contributed by atoms with Gasteiger partial charge in [-0.05, 0) is 46.1 Å². The van der Waals surface area contributed by atoms with E-state index in [0.29, 0.717) is 17.3 Å². The highest BCUT2D eigenvalue weighted by molar-refractivity contribution is 9.11. The first-order valence-electron chi connectivity index (χ1n) is 7.09. The molecule has 2 heterocycles. The second-order valence-corrected chi connectivity index (χ2v) is 7.73. The second kappa shape index (κ2) is 7.92. The first-order chi connectivity index (χ1) is 11.6. The quantitative estimate of drug-likeness (QED) is 0.524. The molecule has 124 valence electrons. The summed E-state index contributed by atoms with van der Waals surface area (Å²) in [7, 11) is 0. The van der Waals surface area contributed by atoms with Crippen LogP contribution in [0, 0.1) is 0 Å². The van der Waals surface area contributed by atoms with Crippen molar-refractivity contribution in [2.45, 2.75) is 19.4 Å². The van der Waals surface area contributed by atoms with Gasteiger partial charge in [0, 0.05) is 11.4 Å². The first-order valence-corrected chi connectivity index (χ1v) is 9.07. The lowest BCUT2D eigenvalue weighted by molar-refractivity contribution is -0.145. The Balaban J connectivity index is 1.50. The molecule has 0 aliphatic heterocycles. The Morgan fingerprint density at radius 1 is 1.25 bits per heavy atom. The van der Waals surface area contributed by atoms with E-state index in [1.807, 2.05) is 30.3 Å². The molecule has 0 saturated heterocycles. The molecule has 0 fully saturated rings. The number of carbonyl (C=O) groups excluding carboxylic acids is 1. The molecule has 2 aromatic heterocycles. The van der Waals surface area contributed by atoms with Crippen LogP contribution < -0.4 is 0 Å². The summed E-state index contributed by atoms with van der Waals surface area (Å²) in [5.74, 6) is 0.335. The third-order valence-corrected chi connectivity index (χ3v) is 5.14. The van der Waals surface area contributed by atoms with Gasteiger partial charge in [0.1, 0.15) is 0 Å². The Morgan fingerprint density at radius 2 is 2.08 bits per heavy atom. The number of rotatable bonds is 6. The van der Waals surface area contributed by atoms with Crippen LogP contribution in [0.1, 0.15) is 17.9 Å².